The number of rotatable bonds is 1. The van der Waals surface area contributed by atoms with E-state index in [1.807, 2.05) is 0 Å². The molecule has 16 heavy (non-hydrogen) atoms. The fourth-order valence-electron chi connectivity index (χ4n) is 1.34. The third-order valence-electron chi connectivity index (χ3n) is 2.16. The van der Waals surface area contributed by atoms with E-state index in [2.05, 4.69) is 4.98 Å². The third kappa shape index (κ3) is 1.67. The first-order valence-corrected chi connectivity index (χ1v) is 4.45. The van der Waals surface area contributed by atoms with Gasteiger partial charge in [-0.05, 0) is 18.2 Å². The van der Waals surface area contributed by atoms with E-state index in [4.69, 9.17) is 5.11 Å². The maximum Gasteiger partial charge on any atom is 0.247 e. The van der Waals surface area contributed by atoms with Crippen LogP contribution in [0, 0.1) is 11.6 Å². The highest BCUT2D eigenvalue weighted by atomic mass is 19.2. The van der Waals surface area contributed by atoms with E-state index in [1.165, 1.54) is 24.4 Å². The summed E-state index contributed by atoms with van der Waals surface area (Å²) in [6.45, 7) is 0. The Morgan fingerprint density at radius 2 is 1.81 bits per heavy atom. The first kappa shape index (κ1) is 10.4. The van der Waals surface area contributed by atoms with Gasteiger partial charge in [-0.3, -0.25) is 4.79 Å². The van der Waals surface area contributed by atoms with Gasteiger partial charge in [0.15, 0.2) is 11.6 Å². The van der Waals surface area contributed by atoms with Gasteiger partial charge in [-0.15, -0.1) is 0 Å². The van der Waals surface area contributed by atoms with Crippen LogP contribution in [0.15, 0.2) is 35.3 Å². The summed E-state index contributed by atoms with van der Waals surface area (Å²) in [6.07, 6.45) is 1.28. The van der Waals surface area contributed by atoms with Gasteiger partial charge in [0.1, 0.15) is 0 Å². The molecule has 2 N–H and O–H groups in total. The van der Waals surface area contributed by atoms with Crippen molar-refractivity contribution < 1.29 is 13.9 Å². The molecule has 3 nitrogen and oxygen atoms in total. The second kappa shape index (κ2) is 3.77. The normalized spacial score (nSPS) is 10.4. The summed E-state index contributed by atoms with van der Waals surface area (Å²) < 4.78 is 26.5. The quantitative estimate of drug-likeness (QED) is 0.777. The molecule has 2 aromatic rings. The van der Waals surface area contributed by atoms with Crippen molar-refractivity contribution in [2.45, 2.75) is 0 Å². The van der Waals surface area contributed by atoms with Gasteiger partial charge >= 0.3 is 0 Å². The second-order valence-electron chi connectivity index (χ2n) is 3.20. The number of nitrogens with one attached hydrogen (secondary N) is 1. The Balaban J connectivity index is 2.61. The maximum atomic E-state index is 13.4. The first-order valence-electron chi connectivity index (χ1n) is 4.45. The molecule has 0 bridgehead atoms. The lowest BCUT2D eigenvalue weighted by atomic mass is 10.1. The van der Waals surface area contributed by atoms with Crippen LogP contribution in [-0.2, 0) is 0 Å². The molecular weight excluding hydrogens is 216 g/mol. The molecule has 0 radical (unpaired) electrons. The molecule has 1 aromatic heterocycles. The molecule has 2 rings (SSSR count). The Bertz CT molecular complexity index is 573. The zero-order valence-electron chi connectivity index (χ0n) is 8.00. The van der Waals surface area contributed by atoms with Gasteiger partial charge in [0, 0.05) is 23.4 Å². The smallest absolute Gasteiger partial charge is 0.247 e. The number of benzene rings is 1. The van der Waals surface area contributed by atoms with E-state index < -0.39 is 17.4 Å². The number of halogens is 2. The number of hydrogen-bond acceptors (Lipinski definition) is 2. The number of aromatic hydroxyl groups is 1. The molecule has 0 unspecified atom stereocenters. The third-order valence-corrected chi connectivity index (χ3v) is 2.16. The SMILES string of the molecule is O=c1ccc(-c2ccc(O)c(F)c2F)c[nH]1. The minimum Gasteiger partial charge on any atom is -0.505 e. The molecule has 0 atom stereocenters. The Labute approximate surface area is 89.0 Å². The number of aromatic amines is 1. The van der Waals surface area contributed by atoms with Crippen molar-refractivity contribution in [2.75, 3.05) is 0 Å². The topological polar surface area (TPSA) is 53.1 Å². The van der Waals surface area contributed by atoms with Gasteiger partial charge in [-0.1, -0.05) is 0 Å². The molecule has 82 valence electrons. The van der Waals surface area contributed by atoms with Crippen molar-refractivity contribution in [1.29, 1.82) is 0 Å². The van der Waals surface area contributed by atoms with E-state index in [0.717, 1.165) is 6.07 Å². The molecule has 0 amide bonds. The van der Waals surface area contributed by atoms with Crippen LogP contribution in [-0.4, -0.2) is 10.1 Å². The molecule has 0 saturated heterocycles. The first-order chi connectivity index (χ1) is 7.59. The minimum atomic E-state index is -1.30. The van der Waals surface area contributed by atoms with Gasteiger partial charge in [-0.2, -0.15) is 4.39 Å². The van der Waals surface area contributed by atoms with Crippen molar-refractivity contribution in [3.63, 3.8) is 0 Å². The molecule has 1 heterocycles. The van der Waals surface area contributed by atoms with Crippen LogP contribution in [0.4, 0.5) is 8.78 Å². The van der Waals surface area contributed by atoms with Crippen LogP contribution in [0.5, 0.6) is 5.75 Å². The highest BCUT2D eigenvalue weighted by Gasteiger charge is 2.13. The number of H-pyrrole nitrogens is 1. The monoisotopic (exact) mass is 223 g/mol. The largest absolute Gasteiger partial charge is 0.505 e. The van der Waals surface area contributed by atoms with Crippen LogP contribution in [0.3, 0.4) is 0 Å². The van der Waals surface area contributed by atoms with E-state index in [9.17, 15) is 13.6 Å². The summed E-state index contributed by atoms with van der Waals surface area (Å²) in [5.74, 6) is -3.19. The Morgan fingerprint density at radius 3 is 2.44 bits per heavy atom. The van der Waals surface area contributed by atoms with Crippen molar-refractivity contribution in [2.24, 2.45) is 0 Å². The van der Waals surface area contributed by atoms with E-state index in [1.54, 1.807) is 0 Å². The van der Waals surface area contributed by atoms with Crippen LogP contribution in [0.2, 0.25) is 0 Å². The Kier molecular flexibility index (Phi) is 2.44. The van der Waals surface area contributed by atoms with E-state index in [-0.39, 0.29) is 11.1 Å². The van der Waals surface area contributed by atoms with Crippen molar-refractivity contribution in [3.05, 3.63) is 52.5 Å². The second-order valence-corrected chi connectivity index (χ2v) is 3.20. The number of phenolic OH excluding ortho intramolecular Hbond substituents is 1. The Morgan fingerprint density at radius 1 is 1.06 bits per heavy atom. The van der Waals surface area contributed by atoms with Crippen LogP contribution >= 0.6 is 0 Å². The van der Waals surface area contributed by atoms with Gasteiger partial charge in [0.25, 0.3) is 0 Å². The van der Waals surface area contributed by atoms with Crippen molar-refractivity contribution in [3.8, 4) is 16.9 Å². The van der Waals surface area contributed by atoms with E-state index in [0.29, 0.717) is 5.56 Å². The molecule has 0 saturated carbocycles. The van der Waals surface area contributed by atoms with Crippen molar-refractivity contribution in [1.82, 2.24) is 4.98 Å². The lowest BCUT2D eigenvalue weighted by Gasteiger charge is -2.04. The van der Waals surface area contributed by atoms with Gasteiger partial charge in [0.05, 0.1) is 0 Å². The summed E-state index contributed by atoms with van der Waals surface area (Å²) in [4.78, 5) is 13.1. The van der Waals surface area contributed by atoms with Gasteiger partial charge in [0.2, 0.25) is 11.4 Å². The average molecular weight is 223 g/mol. The average Bonchev–Trinajstić information content (AvgIpc) is 2.28. The summed E-state index contributed by atoms with van der Waals surface area (Å²) in [5.41, 5.74) is -0.0223. The number of aromatic nitrogens is 1. The highest BCUT2D eigenvalue weighted by molar-refractivity contribution is 5.64. The molecule has 0 spiro atoms. The lowest BCUT2D eigenvalue weighted by molar-refractivity contribution is 0.408. The molecule has 0 fully saturated rings. The predicted molar refractivity (Wildman–Crippen MR) is 54.1 cm³/mol. The fraction of sp³-hybridized carbons (Fsp3) is 0. The van der Waals surface area contributed by atoms with E-state index >= 15 is 0 Å². The molecule has 0 aliphatic rings. The molecular formula is C11H7F2NO2. The molecule has 0 aliphatic heterocycles. The molecule has 1 aromatic carbocycles. The number of pyridine rings is 1. The summed E-state index contributed by atoms with van der Waals surface area (Å²) >= 11 is 0. The number of hydrogen-bond donors (Lipinski definition) is 2. The zero-order valence-corrected chi connectivity index (χ0v) is 8.00. The molecule has 0 aliphatic carbocycles. The Hall–Kier alpha value is -2.17. The standard InChI is InChI=1S/C11H7F2NO2/c12-10-7(2-3-8(15)11(10)13)6-1-4-9(16)14-5-6/h1-5,15H,(H,14,16). The predicted octanol–water partition coefficient (Wildman–Crippen LogP) is 2.03. The summed E-state index contributed by atoms with van der Waals surface area (Å²) in [6, 6.07) is 4.87. The van der Waals surface area contributed by atoms with Gasteiger partial charge < -0.3 is 10.1 Å². The maximum absolute atomic E-state index is 13.4. The zero-order chi connectivity index (χ0) is 11.7. The van der Waals surface area contributed by atoms with Crippen LogP contribution in [0.25, 0.3) is 11.1 Å². The minimum absolute atomic E-state index is 0.0217. The molecule has 5 heteroatoms. The van der Waals surface area contributed by atoms with Crippen LogP contribution in [0.1, 0.15) is 0 Å². The summed E-state index contributed by atoms with van der Waals surface area (Å²) in [7, 11) is 0. The highest BCUT2D eigenvalue weighted by Crippen LogP contribution is 2.27. The van der Waals surface area contributed by atoms with Crippen LogP contribution < -0.4 is 5.56 Å². The lowest BCUT2D eigenvalue weighted by Crippen LogP contribution is -2.02. The van der Waals surface area contributed by atoms with Gasteiger partial charge in [-0.25, -0.2) is 4.39 Å². The summed E-state index contributed by atoms with van der Waals surface area (Å²) in [5, 5.41) is 8.94. The van der Waals surface area contributed by atoms with Crippen molar-refractivity contribution >= 4 is 0 Å². The fourth-order valence-corrected chi connectivity index (χ4v) is 1.34. The number of phenols is 1.